The van der Waals surface area contributed by atoms with Gasteiger partial charge in [0.15, 0.2) is 0 Å². The average Bonchev–Trinajstić information content (AvgIpc) is 2.55. The van der Waals surface area contributed by atoms with Gasteiger partial charge >= 0.3 is 11.9 Å². The van der Waals surface area contributed by atoms with Crippen LogP contribution in [0.3, 0.4) is 0 Å². The summed E-state index contributed by atoms with van der Waals surface area (Å²) in [4.78, 5) is 35.7. The molecule has 1 fully saturated rings. The number of carbonyl (C=O) groups is 3. The van der Waals surface area contributed by atoms with Crippen LogP contribution in [-0.2, 0) is 14.3 Å². The van der Waals surface area contributed by atoms with Crippen LogP contribution >= 0.6 is 0 Å². The summed E-state index contributed by atoms with van der Waals surface area (Å²) >= 11 is 0. The lowest BCUT2D eigenvalue weighted by molar-refractivity contribution is -0.147. The third-order valence-corrected chi connectivity index (χ3v) is 4.10. The molecule has 1 amide bonds. The first-order chi connectivity index (χ1) is 11.0. The molecule has 124 valence electrons. The van der Waals surface area contributed by atoms with Crippen LogP contribution in [0.5, 0.6) is 0 Å². The number of para-hydroxylation sites is 1. The summed E-state index contributed by atoms with van der Waals surface area (Å²) in [6, 6.07) is 6.57. The second-order valence-corrected chi connectivity index (χ2v) is 5.59. The molecule has 2 N–H and O–H groups in total. The number of esters is 1. The van der Waals surface area contributed by atoms with Crippen molar-refractivity contribution in [1.29, 1.82) is 0 Å². The van der Waals surface area contributed by atoms with Crippen molar-refractivity contribution in [2.75, 3.05) is 11.9 Å². The number of nitrogens with one attached hydrogen (secondary N) is 1. The zero-order chi connectivity index (χ0) is 16.8. The summed E-state index contributed by atoms with van der Waals surface area (Å²) in [6.45, 7) is 1.95. The fourth-order valence-corrected chi connectivity index (χ4v) is 2.94. The molecule has 0 spiro atoms. The van der Waals surface area contributed by atoms with Crippen LogP contribution in [0.4, 0.5) is 5.69 Å². The van der Waals surface area contributed by atoms with Gasteiger partial charge in [0, 0.05) is 0 Å². The van der Waals surface area contributed by atoms with E-state index in [1.165, 1.54) is 0 Å². The number of hydrogen-bond donors (Lipinski definition) is 2. The zero-order valence-electron chi connectivity index (χ0n) is 13.1. The largest absolute Gasteiger partial charge is 0.481 e. The maximum absolute atomic E-state index is 12.5. The van der Waals surface area contributed by atoms with E-state index in [-0.39, 0.29) is 18.1 Å². The van der Waals surface area contributed by atoms with Crippen molar-refractivity contribution in [1.82, 2.24) is 0 Å². The quantitative estimate of drug-likeness (QED) is 0.814. The highest BCUT2D eigenvalue weighted by atomic mass is 16.5. The molecule has 1 aliphatic carbocycles. The molecule has 23 heavy (non-hydrogen) atoms. The average molecular weight is 319 g/mol. The van der Waals surface area contributed by atoms with E-state index in [4.69, 9.17) is 4.74 Å². The predicted octanol–water partition coefficient (Wildman–Crippen LogP) is 2.69. The first-order valence-corrected chi connectivity index (χ1v) is 7.84. The number of carboxylic acids is 1. The van der Waals surface area contributed by atoms with Gasteiger partial charge in [-0.05, 0) is 31.9 Å². The summed E-state index contributed by atoms with van der Waals surface area (Å²) in [6.07, 6.45) is 2.71. The Balaban J connectivity index is 2.16. The van der Waals surface area contributed by atoms with Gasteiger partial charge < -0.3 is 15.2 Å². The first kappa shape index (κ1) is 17.0. The molecule has 1 aromatic rings. The summed E-state index contributed by atoms with van der Waals surface area (Å²) in [5.41, 5.74) is 0.621. The molecular formula is C17H21NO5. The Morgan fingerprint density at radius 2 is 1.83 bits per heavy atom. The second kappa shape index (κ2) is 7.76. The van der Waals surface area contributed by atoms with E-state index in [1.807, 2.05) is 0 Å². The number of amides is 1. The van der Waals surface area contributed by atoms with Crippen LogP contribution in [0.15, 0.2) is 24.3 Å². The van der Waals surface area contributed by atoms with Crippen molar-refractivity contribution < 1.29 is 24.2 Å². The standard InChI is InChI=1S/C17H21NO5/c1-2-23-17(22)13-9-5-6-10-14(13)18-15(19)11-7-3-4-8-12(11)16(20)21/h5-6,9-12H,2-4,7-8H2,1H3,(H,18,19)(H,20,21)/t11-,12-/m0/s1. The van der Waals surface area contributed by atoms with Crippen LogP contribution in [0, 0.1) is 11.8 Å². The Labute approximate surface area is 134 Å². The summed E-state index contributed by atoms with van der Waals surface area (Å²) < 4.78 is 4.97. The van der Waals surface area contributed by atoms with Crippen molar-refractivity contribution in [3.05, 3.63) is 29.8 Å². The molecule has 0 saturated heterocycles. The summed E-state index contributed by atoms with van der Waals surface area (Å²) in [5, 5.41) is 12.0. The number of carboxylic acid groups (broad SMARTS) is 1. The number of aliphatic carboxylic acids is 1. The van der Waals surface area contributed by atoms with Gasteiger partial charge in [-0.3, -0.25) is 9.59 Å². The maximum Gasteiger partial charge on any atom is 0.340 e. The molecule has 0 bridgehead atoms. The summed E-state index contributed by atoms with van der Waals surface area (Å²) in [5.74, 6) is -3.05. The minimum absolute atomic E-state index is 0.241. The Hall–Kier alpha value is -2.37. The van der Waals surface area contributed by atoms with E-state index in [0.29, 0.717) is 18.5 Å². The maximum atomic E-state index is 12.5. The molecular weight excluding hydrogens is 298 g/mol. The van der Waals surface area contributed by atoms with E-state index in [2.05, 4.69) is 5.32 Å². The highest BCUT2D eigenvalue weighted by Gasteiger charge is 2.36. The van der Waals surface area contributed by atoms with Gasteiger partial charge in [0.25, 0.3) is 0 Å². The fraction of sp³-hybridized carbons (Fsp3) is 0.471. The number of rotatable bonds is 5. The van der Waals surface area contributed by atoms with E-state index in [9.17, 15) is 19.5 Å². The van der Waals surface area contributed by atoms with Crippen molar-refractivity contribution >= 4 is 23.5 Å². The van der Waals surface area contributed by atoms with E-state index in [0.717, 1.165) is 12.8 Å². The van der Waals surface area contributed by atoms with Gasteiger partial charge in [0.1, 0.15) is 0 Å². The molecule has 0 heterocycles. The monoisotopic (exact) mass is 319 g/mol. The molecule has 2 rings (SSSR count). The van der Waals surface area contributed by atoms with Gasteiger partial charge in [-0.2, -0.15) is 0 Å². The molecule has 0 radical (unpaired) electrons. The lowest BCUT2D eigenvalue weighted by atomic mass is 9.78. The molecule has 0 aromatic heterocycles. The van der Waals surface area contributed by atoms with Crippen molar-refractivity contribution in [2.24, 2.45) is 11.8 Å². The zero-order valence-corrected chi connectivity index (χ0v) is 13.1. The molecule has 1 aliphatic rings. The van der Waals surface area contributed by atoms with Crippen molar-refractivity contribution in [3.8, 4) is 0 Å². The second-order valence-electron chi connectivity index (χ2n) is 5.59. The van der Waals surface area contributed by atoms with Crippen LogP contribution in [0.2, 0.25) is 0 Å². The smallest absolute Gasteiger partial charge is 0.340 e. The molecule has 1 aromatic carbocycles. The number of hydrogen-bond acceptors (Lipinski definition) is 4. The molecule has 0 unspecified atom stereocenters. The van der Waals surface area contributed by atoms with E-state index in [1.54, 1.807) is 31.2 Å². The van der Waals surface area contributed by atoms with E-state index < -0.39 is 23.8 Å². The Morgan fingerprint density at radius 1 is 1.17 bits per heavy atom. The lowest BCUT2D eigenvalue weighted by Gasteiger charge is -2.27. The third-order valence-electron chi connectivity index (χ3n) is 4.10. The van der Waals surface area contributed by atoms with Crippen LogP contribution < -0.4 is 5.32 Å². The highest BCUT2D eigenvalue weighted by Crippen LogP contribution is 2.31. The fourth-order valence-electron chi connectivity index (χ4n) is 2.94. The number of anilines is 1. The van der Waals surface area contributed by atoms with Crippen LogP contribution in [0.1, 0.15) is 43.0 Å². The van der Waals surface area contributed by atoms with E-state index >= 15 is 0 Å². The molecule has 6 heteroatoms. The first-order valence-electron chi connectivity index (χ1n) is 7.84. The predicted molar refractivity (Wildman–Crippen MR) is 84.1 cm³/mol. The topological polar surface area (TPSA) is 92.7 Å². The highest BCUT2D eigenvalue weighted by molar-refractivity contribution is 6.02. The lowest BCUT2D eigenvalue weighted by Crippen LogP contribution is -2.36. The minimum Gasteiger partial charge on any atom is -0.481 e. The molecule has 6 nitrogen and oxygen atoms in total. The van der Waals surface area contributed by atoms with Crippen molar-refractivity contribution in [2.45, 2.75) is 32.6 Å². The number of benzene rings is 1. The van der Waals surface area contributed by atoms with Gasteiger partial charge in [0.2, 0.25) is 5.91 Å². The van der Waals surface area contributed by atoms with Crippen LogP contribution in [0.25, 0.3) is 0 Å². The third kappa shape index (κ3) is 4.09. The Kier molecular flexibility index (Phi) is 5.73. The number of carbonyl (C=O) groups excluding carboxylic acids is 2. The molecule has 2 atom stereocenters. The minimum atomic E-state index is -0.941. The summed E-state index contributed by atoms with van der Waals surface area (Å²) in [7, 11) is 0. The molecule has 1 saturated carbocycles. The number of ether oxygens (including phenoxy) is 1. The Bertz CT molecular complexity index is 598. The van der Waals surface area contributed by atoms with Crippen LogP contribution in [-0.4, -0.2) is 29.6 Å². The van der Waals surface area contributed by atoms with Gasteiger partial charge in [-0.1, -0.05) is 25.0 Å². The molecule has 0 aliphatic heterocycles. The van der Waals surface area contributed by atoms with Gasteiger partial charge in [-0.15, -0.1) is 0 Å². The normalized spacial score (nSPS) is 20.6. The Morgan fingerprint density at radius 3 is 2.48 bits per heavy atom. The van der Waals surface area contributed by atoms with Crippen molar-refractivity contribution in [3.63, 3.8) is 0 Å². The van der Waals surface area contributed by atoms with Gasteiger partial charge in [-0.25, -0.2) is 4.79 Å². The SMILES string of the molecule is CCOC(=O)c1ccccc1NC(=O)[C@H]1CCCC[C@@H]1C(=O)O. The van der Waals surface area contributed by atoms with Gasteiger partial charge in [0.05, 0.1) is 29.7 Å².